The Morgan fingerprint density at radius 2 is 0.813 bits per heavy atom. The molecule has 2 aliphatic rings. The number of aromatic nitrogens is 4. The van der Waals surface area contributed by atoms with Gasteiger partial charge in [-0.2, -0.15) is 0 Å². The van der Waals surface area contributed by atoms with Crippen LogP contribution in [-0.2, 0) is 5.41 Å². The van der Waals surface area contributed by atoms with Gasteiger partial charge in [0.15, 0.2) is 17.5 Å². The molecule has 4 heteroatoms. The van der Waals surface area contributed by atoms with E-state index < -0.39 is 5.41 Å². The van der Waals surface area contributed by atoms with Crippen molar-refractivity contribution in [3.05, 3.63) is 312 Å². The first-order valence-corrected chi connectivity index (χ1v) is 25.8. The van der Waals surface area contributed by atoms with Crippen LogP contribution in [0.25, 0.3) is 95.0 Å². The Morgan fingerprint density at radius 3 is 1.52 bits per heavy atom. The van der Waals surface area contributed by atoms with E-state index in [4.69, 9.17) is 15.0 Å². The fraction of sp³-hybridized carbons (Fsp3) is 0.0282. The van der Waals surface area contributed by atoms with Gasteiger partial charge in [-0.05, 0) is 121 Å². The molecule has 2 heterocycles. The standard InChI is InChI=1S/C71H46N4/c1-6-20-46(21-7-1)67-58-32-17-16-30-55(58)60-42-49(34-39-59(60)67)50-36-40-65-61(43-50)62-45-53(37-41-66(62)75(65)54-28-14-5-15-29-54)71(52-26-12-4-13-27-52)63-33-19-18-31-56(63)57-38-35-51(44-64(57)71)70-73-68(47-22-8-2-9-23-47)72-69(74-70)48-24-10-3-11-25-48/h1-45,67H. The Morgan fingerprint density at radius 1 is 0.307 bits per heavy atom. The first kappa shape index (κ1) is 42.9. The highest BCUT2D eigenvalue weighted by Gasteiger charge is 2.46. The zero-order valence-corrected chi connectivity index (χ0v) is 40.8. The lowest BCUT2D eigenvalue weighted by molar-refractivity contribution is 0.770. The van der Waals surface area contributed by atoms with E-state index in [0.717, 1.165) is 33.4 Å². The molecule has 0 bridgehead atoms. The fourth-order valence-corrected chi connectivity index (χ4v) is 12.5. The molecule has 15 rings (SSSR count). The van der Waals surface area contributed by atoms with Gasteiger partial charge in [0.1, 0.15) is 0 Å². The van der Waals surface area contributed by atoms with Crippen molar-refractivity contribution in [3.8, 4) is 73.2 Å². The minimum Gasteiger partial charge on any atom is -0.309 e. The van der Waals surface area contributed by atoms with Gasteiger partial charge in [-0.3, -0.25) is 0 Å². The van der Waals surface area contributed by atoms with Gasteiger partial charge in [0, 0.05) is 39.1 Å². The molecule has 0 fully saturated rings. The highest BCUT2D eigenvalue weighted by Crippen LogP contribution is 2.57. The second-order valence-electron chi connectivity index (χ2n) is 19.8. The first-order chi connectivity index (χ1) is 37.2. The molecule has 0 amide bonds. The molecule has 2 atom stereocenters. The molecule has 350 valence electrons. The van der Waals surface area contributed by atoms with Gasteiger partial charge >= 0.3 is 0 Å². The molecule has 0 aliphatic heterocycles. The summed E-state index contributed by atoms with van der Waals surface area (Å²) in [5.74, 6) is 2.10. The number of para-hydroxylation sites is 1. The first-order valence-electron chi connectivity index (χ1n) is 25.8. The summed E-state index contributed by atoms with van der Waals surface area (Å²) in [6.45, 7) is 0. The van der Waals surface area contributed by atoms with Gasteiger partial charge in [0.25, 0.3) is 0 Å². The molecule has 2 aromatic heterocycles. The number of benzene rings is 11. The third kappa shape index (κ3) is 6.73. The predicted molar refractivity (Wildman–Crippen MR) is 306 cm³/mol. The van der Waals surface area contributed by atoms with Crippen LogP contribution in [0.15, 0.2) is 273 Å². The highest BCUT2D eigenvalue weighted by atomic mass is 15.0. The Bertz CT molecular complexity index is 4280. The van der Waals surface area contributed by atoms with E-state index in [1.807, 2.05) is 36.4 Å². The Balaban J connectivity index is 0.954. The van der Waals surface area contributed by atoms with Crippen LogP contribution >= 0.6 is 0 Å². The van der Waals surface area contributed by atoms with E-state index in [9.17, 15) is 0 Å². The van der Waals surface area contributed by atoms with Crippen molar-refractivity contribution in [3.63, 3.8) is 0 Å². The lowest BCUT2D eigenvalue weighted by Crippen LogP contribution is -2.28. The van der Waals surface area contributed by atoms with E-state index in [1.54, 1.807) is 0 Å². The SMILES string of the molecule is c1ccc(-c2nc(-c3ccccc3)nc(-c3ccc4c(c3)C(c3ccccc3)(c3ccc5c(c3)c3cc(-c6ccc7c(c6)-c6ccccc6C7c6ccccc6)ccc3n5-c3ccccc3)c3ccccc3-4)n2)cc1. The molecule has 0 N–H and O–H groups in total. The smallest absolute Gasteiger partial charge is 0.164 e. The summed E-state index contributed by atoms with van der Waals surface area (Å²) in [5.41, 5.74) is 21.8. The molecule has 2 unspecified atom stereocenters. The van der Waals surface area contributed by atoms with Crippen molar-refractivity contribution in [1.29, 1.82) is 0 Å². The van der Waals surface area contributed by atoms with Crippen LogP contribution in [-0.4, -0.2) is 19.5 Å². The third-order valence-corrected chi connectivity index (χ3v) is 15.8. The summed E-state index contributed by atoms with van der Waals surface area (Å²) in [5, 5.41) is 2.39. The second-order valence-corrected chi connectivity index (χ2v) is 19.8. The normalized spacial score (nSPS) is 15.1. The van der Waals surface area contributed by atoms with Crippen LogP contribution in [0.5, 0.6) is 0 Å². The quantitative estimate of drug-likeness (QED) is 0.152. The fourth-order valence-electron chi connectivity index (χ4n) is 12.5. The summed E-state index contributed by atoms with van der Waals surface area (Å²) in [6, 6.07) is 99.3. The Labute approximate surface area is 435 Å². The van der Waals surface area contributed by atoms with E-state index in [0.29, 0.717) is 17.5 Å². The molecule has 0 saturated carbocycles. The number of hydrogen-bond donors (Lipinski definition) is 0. The van der Waals surface area contributed by atoms with Crippen LogP contribution in [0.3, 0.4) is 0 Å². The van der Waals surface area contributed by atoms with Crippen LogP contribution in [0.1, 0.15) is 44.9 Å². The van der Waals surface area contributed by atoms with Gasteiger partial charge in [-0.15, -0.1) is 0 Å². The maximum Gasteiger partial charge on any atom is 0.164 e. The van der Waals surface area contributed by atoms with E-state index in [2.05, 4.69) is 241 Å². The molecule has 13 aromatic rings. The maximum absolute atomic E-state index is 5.23. The van der Waals surface area contributed by atoms with Gasteiger partial charge < -0.3 is 4.57 Å². The van der Waals surface area contributed by atoms with Crippen LogP contribution in [0.2, 0.25) is 0 Å². The van der Waals surface area contributed by atoms with Gasteiger partial charge in [0.05, 0.1) is 16.4 Å². The molecule has 75 heavy (non-hydrogen) atoms. The summed E-state index contributed by atoms with van der Waals surface area (Å²) in [6.07, 6.45) is 0. The van der Waals surface area contributed by atoms with Gasteiger partial charge in [-0.1, -0.05) is 224 Å². The summed E-state index contributed by atoms with van der Waals surface area (Å²) >= 11 is 0. The lowest BCUT2D eigenvalue weighted by Gasteiger charge is -2.34. The number of rotatable bonds is 8. The molecule has 2 aliphatic carbocycles. The monoisotopic (exact) mass is 954 g/mol. The molecular weight excluding hydrogens is 909 g/mol. The van der Waals surface area contributed by atoms with E-state index in [-0.39, 0.29) is 5.92 Å². The topological polar surface area (TPSA) is 43.6 Å². The molecular formula is C71H46N4. The summed E-state index contributed by atoms with van der Waals surface area (Å²) in [7, 11) is 0. The molecule has 11 aromatic carbocycles. The lowest BCUT2D eigenvalue weighted by atomic mass is 9.67. The molecule has 0 saturated heterocycles. The summed E-state index contributed by atoms with van der Waals surface area (Å²) in [4.78, 5) is 15.5. The average molecular weight is 955 g/mol. The average Bonchev–Trinajstić information content (AvgIpc) is 4.24. The minimum atomic E-state index is -0.698. The van der Waals surface area contributed by atoms with E-state index >= 15 is 0 Å². The van der Waals surface area contributed by atoms with Gasteiger partial charge in [0.2, 0.25) is 0 Å². The molecule has 4 nitrogen and oxygen atoms in total. The zero-order valence-electron chi connectivity index (χ0n) is 40.8. The largest absolute Gasteiger partial charge is 0.309 e. The Hall–Kier alpha value is -9.77. The van der Waals surface area contributed by atoms with Gasteiger partial charge in [-0.25, -0.2) is 15.0 Å². The van der Waals surface area contributed by atoms with E-state index in [1.165, 1.54) is 83.1 Å². The number of nitrogens with zero attached hydrogens (tertiary/aromatic N) is 4. The number of hydrogen-bond acceptors (Lipinski definition) is 3. The van der Waals surface area contributed by atoms with Crippen LogP contribution in [0, 0.1) is 0 Å². The van der Waals surface area contributed by atoms with Crippen molar-refractivity contribution in [1.82, 2.24) is 19.5 Å². The van der Waals surface area contributed by atoms with Crippen molar-refractivity contribution >= 4 is 21.8 Å². The van der Waals surface area contributed by atoms with Crippen molar-refractivity contribution in [2.75, 3.05) is 0 Å². The summed E-state index contributed by atoms with van der Waals surface area (Å²) < 4.78 is 2.43. The third-order valence-electron chi connectivity index (χ3n) is 15.8. The van der Waals surface area contributed by atoms with Crippen LogP contribution < -0.4 is 0 Å². The Kier molecular flexibility index (Phi) is 9.82. The minimum absolute atomic E-state index is 0.200. The highest BCUT2D eigenvalue weighted by molar-refractivity contribution is 6.11. The molecule has 0 radical (unpaired) electrons. The van der Waals surface area contributed by atoms with Crippen molar-refractivity contribution in [2.45, 2.75) is 11.3 Å². The second kappa shape index (κ2) is 17.2. The van der Waals surface area contributed by atoms with Crippen molar-refractivity contribution < 1.29 is 0 Å². The van der Waals surface area contributed by atoms with Crippen LogP contribution in [0.4, 0.5) is 0 Å². The molecule has 0 spiro atoms. The number of fused-ring (bicyclic) bond motifs is 9. The maximum atomic E-state index is 5.23. The van der Waals surface area contributed by atoms with Crippen molar-refractivity contribution in [2.24, 2.45) is 0 Å². The zero-order chi connectivity index (χ0) is 49.5. The predicted octanol–water partition coefficient (Wildman–Crippen LogP) is 17.2.